The summed E-state index contributed by atoms with van der Waals surface area (Å²) in [5, 5.41) is 1.45. The summed E-state index contributed by atoms with van der Waals surface area (Å²) in [6.07, 6.45) is 3.96. The molecule has 1 aliphatic rings. The summed E-state index contributed by atoms with van der Waals surface area (Å²) in [7, 11) is 0.670. The Morgan fingerprint density at radius 3 is 2.38 bits per heavy atom. The summed E-state index contributed by atoms with van der Waals surface area (Å²) in [6, 6.07) is 24.1. The molecule has 0 amide bonds. The summed E-state index contributed by atoms with van der Waals surface area (Å²) in [6.45, 7) is 12.1. The lowest BCUT2D eigenvalue weighted by atomic mass is 9.98. The SMILES string of the molecule is Cc1ccc(PC(C)(C)c2cccc(C)c2OCc2ccccc2)c(N2CCCCC2)c1. The molecule has 0 N–H and O–H groups in total. The van der Waals surface area contributed by atoms with Crippen LogP contribution in [0.25, 0.3) is 0 Å². The largest absolute Gasteiger partial charge is 0.488 e. The van der Waals surface area contributed by atoms with Crippen LogP contribution in [-0.4, -0.2) is 13.1 Å². The Morgan fingerprint density at radius 2 is 1.62 bits per heavy atom. The molecule has 1 fully saturated rings. The Kier molecular flexibility index (Phi) is 7.21. The number of piperidine rings is 1. The van der Waals surface area contributed by atoms with Crippen molar-refractivity contribution < 1.29 is 4.74 Å². The van der Waals surface area contributed by atoms with Crippen molar-refractivity contribution in [3.05, 3.63) is 89.0 Å². The Hall–Kier alpha value is -2.31. The van der Waals surface area contributed by atoms with Gasteiger partial charge >= 0.3 is 0 Å². The molecule has 3 aromatic rings. The van der Waals surface area contributed by atoms with E-state index in [1.165, 1.54) is 65.6 Å². The van der Waals surface area contributed by atoms with Crippen molar-refractivity contribution in [2.24, 2.45) is 0 Å². The van der Waals surface area contributed by atoms with Crippen LogP contribution in [0.5, 0.6) is 5.75 Å². The normalized spacial score (nSPS) is 14.8. The van der Waals surface area contributed by atoms with E-state index < -0.39 is 0 Å². The van der Waals surface area contributed by atoms with Gasteiger partial charge in [0, 0.05) is 29.5 Å². The highest BCUT2D eigenvalue weighted by molar-refractivity contribution is 7.49. The lowest BCUT2D eigenvalue weighted by molar-refractivity contribution is 0.298. The molecular formula is C29H36NOP. The minimum atomic E-state index is -0.0160. The molecule has 1 unspecified atom stereocenters. The molecule has 0 radical (unpaired) electrons. The van der Waals surface area contributed by atoms with Crippen LogP contribution < -0.4 is 14.9 Å². The van der Waals surface area contributed by atoms with Gasteiger partial charge in [0.2, 0.25) is 0 Å². The monoisotopic (exact) mass is 445 g/mol. The van der Waals surface area contributed by atoms with E-state index in [0.29, 0.717) is 15.2 Å². The summed E-state index contributed by atoms with van der Waals surface area (Å²) in [5.74, 6) is 1.04. The molecule has 4 rings (SSSR count). The Bertz CT molecular complexity index is 1040. The van der Waals surface area contributed by atoms with Crippen LogP contribution in [0.2, 0.25) is 0 Å². The molecule has 0 aliphatic carbocycles. The standard InChI is InChI=1S/C29H36NOP/c1-22-16-17-27(26(20-22)30-18-9-6-10-19-30)32-29(3,4)25-15-11-12-23(2)28(25)31-21-24-13-7-5-8-14-24/h5,7-8,11-17,20,32H,6,9-10,18-19,21H2,1-4H3. The number of anilines is 1. The van der Waals surface area contributed by atoms with Crippen molar-refractivity contribution in [3.8, 4) is 5.75 Å². The van der Waals surface area contributed by atoms with Crippen LogP contribution >= 0.6 is 8.58 Å². The summed E-state index contributed by atoms with van der Waals surface area (Å²) in [4.78, 5) is 2.61. The first kappa shape index (κ1) is 22.9. The number of hydrogen-bond donors (Lipinski definition) is 0. The summed E-state index contributed by atoms with van der Waals surface area (Å²) < 4.78 is 6.44. The van der Waals surface area contributed by atoms with Gasteiger partial charge < -0.3 is 9.64 Å². The molecule has 2 nitrogen and oxygen atoms in total. The highest BCUT2D eigenvalue weighted by Gasteiger charge is 2.28. The highest BCUT2D eigenvalue weighted by atomic mass is 31.1. The Balaban J connectivity index is 1.62. The summed E-state index contributed by atoms with van der Waals surface area (Å²) >= 11 is 0. The van der Waals surface area contributed by atoms with Crippen molar-refractivity contribution in [1.82, 2.24) is 0 Å². The molecular weight excluding hydrogens is 409 g/mol. The van der Waals surface area contributed by atoms with E-state index in [-0.39, 0.29) is 5.16 Å². The van der Waals surface area contributed by atoms with Gasteiger partial charge in [0.05, 0.1) is 0 Å². The second-order valence-electron chi connectivity index (χ2n) is 9.54. The predicted octanol–water partition coefficient (Wildman–Crippen LogP) is 7.11. The number of aryl methyl sites for hydroxylation is 2. The van der Waals surface area contributed by atoms with Crippen LogP contribution in [0, 0.1) is 13.8 Å². The number of hydrogen-bond acceptors (Lipinski definition) is 2. The molecule has 0 spiro atoms. The number of nitrogens with zero attached hydrogens (tertiary/aromatic N) is 1. The molecule has 0 saturated carbocycles. The molecule has 1 saturated heterocycles. The van der Waals surface area contributed by atoms with Gasteiger partial charge in [-0.2, -0.15) is 0 Å². The van der Waals surface area contributed by atoms with E-state index in [0.717, 1.165) is 5.75 Å². The minimum Gasteiger partial charge on any atom is -0.488 e. The van der Waals surface area contributed by atoms with Crippen LogP contribution in [0.1, 0.15) is 55.4 Å². The number of rotatable bonds is 7. The fourth-order valence-corrected chi connectivity index (χ4v) is 6.14. The fraction of sp³-hybridized carbons (Fsp3) is 0.379. The molecule has 3 aromatic carbocycles. The lowest BCUT2D eigenvalue weighted by Gasteiger charge is -2.34. The minimum absolute atomic E-state index is 0.0160. The van der Waals surface area contributed by atoms with Gasteiger partial charge in [0.1, 0.15) is 12.4 Å². The second kappa shape index (κ2) is 10.1. The third kappa shape index (κ3) is 5.36. The average Bonchev–Trinajstić information content (AvgIpc) is 2.80. The van der Waals surface area contributed by atoms with Gasteiger partial charge in [0.15, 0.2) is 0 Å². The molecule has 3 heteroatoms. The fourth-order valence-electron chi connectivity index (χ4n) is 4.61. The molecule has 32 heavy (non-hydrogen) atoms. The Morgan fingerprint density at radius 1 is 0.875 bits per heavy atom. The molecule has 0 aromatic heterocycles. The van der Waals surface area contributed by atoms with E-state index in [2.05, 4.69) is 99.3 Å². The smallest absolute Gasteiger partial charge is 0.126 e. The van der Waals surface area contributed by atoms with Crippen LogP contribution in [-0.2, 0) is 11.8 Å². The van der Waals surface area contributed by atoms with Gasteiger partial charge in [-0.3, -0.25) is 0 Å². The maximum absolute atomic E-state index is 6.44. The molecule has 1 aliphatic heterocycles. The van der Waals surface area contributed by atoms with Gasteiger partial charge in [-0.25, -0.2) is 0 Å². The molecule has 1 heterocycles. The van der Waals surface area contributed by atoms with Crippen molar-refractivity contribution in [2.75, 3.05) is 18.0 Å². The number of benzene rings is 3. The zero-order chi connectivity index (χ0) is 22.6. The van der Waals surface area contributed by atoms with Gasteiger partial charge in [0.25, 0.3) is 0 Å². The Labute approximate surface area is 195 Å². The molecule has 168 valence electrons. The van der Waals surface area contributed by atoms with Crippen molar-refractivity contribution in [1.29, 1.82) is 0 Å². The van der Waals surface area contributed by atoms with E-state index in [9.17, 15) is 0 Å². The maximum atomic E-state index is 6.44. The zero-order valence-electron chi connectivity index (χ0n) is 19.9. The summed E-state index contributed by atoms with van der Waals surface area (Å²) in [5.41, 5.74) is 6.50. The molecule has 1 atom stereocenters. The topological polar surface area (TPSA) is 12.5 Å². The van der Waals surface area contributed by atoms with Crippen LogP contribution in [0.3, 0.4) is 0 Å². The lowest BCUT2D eigenvalue weighted by Crippen LogP contribution is -2.33. The molecule has 0 bridgehead atoms. The zero-order valence-corrected chi connectivity index (χ0v) is 20.9. The number of para-hydroxylation sites is 1. The third-order valence-electron chi connectivity index (χ3n) is 6.41. The predicted molar refractivity (Wildman–Crippen MR) is 140 cm³/mol. The van der Waals surface area contributed by atoms with Gasteiger partial charge in [-0.15, -0.1) is 0 Å². The van der Waals surface area contributed by atoms with Crippen molar-refractivity contribution in [2.45, 2.75) is 58.7 Å². The first-order valence-electron chi connectivity index (χ1n) is 11.8. The van der Waals surface area contributed by atoms with Crippen molar-refractivity contribution >= 4 is 19.6 Å². The third-order valence-corrected chi connectivity index (χ3v) is 7.99. The maximum Gasteiger partial charge on any atom is 0.126 e. The van der Waals surface area contributed by atoms with Gasteiger partial charge in [-0.05, 0) is 61.2 Å². The van der Waals surface area contributed by atoms with Crippen LogP contribution in [0.4, 0.5) is 5.69 Å². The highest BCUT2D eigenvalue weighted by Crippen LogP contribution is 2.47. The van der Waals surface area contributed by atoms with Gasteiger partial charge in [-0.1, -0.05) is 83.1 Å². The first-order chi connectivity index (χ1) is 15.4. The second-order valence-corrected chi connectivity index (χ2v) is 11.6. The van der Waals surface area contributed by atoms with E-state index >= 15 is 0 Å². The van der Waals surface area contributed by atoms with Crippen molar-refractivity contribution in [3.63, 3.8) is 0 Å². The quantitative estimate of drug-likeness (QED) is 0.359. The van der Waals surface area contributed by atoms with E-state index in [1.807, 2.05) is 0 Å². The average molecular weight is 446 g/mol. The first-order valence-corrected chi connectivity index (χ1v) is 12.8. The van der Waals surface area contributed by atoms with E-state index in [1.54, 1.807) is 0 Å². The number of ether oxygens (including phenoxy) is 1. The van der Waals surface area contributed by atoms with E-state index in [4.69, 9.17) is 4.74 Å². The van der Waals surface area contributed by atoms with Crippen LogP contribution in [0.15, 0.2) is 66.7 Å².